The Labute approximate surface area is 182 Å². The number of Topliss-reactive ketones (excluding diaryl/α,β-unsaturated/α-hetero) is 2. The van der Waals surface area contributed by atoms with E-state index in [9.17, 15) is 29.7 Å². The number of benzene rings is 1. The largest absolute Gasteiger partial charge is 0.508 e. The third kappa shape index (κ3) is 4.01. The lowest BCUT2D eigenvalue weighted by atomic mass is 9.70. The molecule has 0 bridgehead atoms. The molecule has 31 heavy (non-hydrogen) atoms. The number of ketones is 2. The SMILES string of the molecule is CCC(C)CC(C)C(=O)OC1C(=O)c2c(cc(O)c3c2C[C@@H](O)C[C@H]3C)C(C)(O)C1=O. The van der Waals surface area contributed by atoms with Crippen LogP contribution in [-0.4, -0.2) is 45.1 Å². The molecule has 0 saturated heterocycles. The summed E-state index contributed by atoms with van der Waals surface area (Å²) in [5, 5.41) is 31.8. The summed E-state index contributed by atoms with van der Waals surface area (Å²) in [6.07, 6.45) is -0.495. The van der Waals surface area contributed by atoms with Crippen molar-refractivity contribution < 1.29 is 34.4 Å². The molecular weight excluding hydrogens is 400 g/mol. The van der Waals surface area contributed by atoms with Crippen LogP contribution in [-0.2, 0) is 26.3 Å². The van der Waals surface area contributed by atoms with Crippen LogP contribution in [0.1, 0.15) is 86.8 Å². The maximum absolute atomic E-state index is 13.4. The molecule has 1 aromatic rings. The molecule has 0 amide bonds. The fraction of sp³-hybridized carbons (Fsp3) is 0.625. The number of hydrogen-bond donors (Lipinski definition) is 3. The first-order valence-electron chi connectivity index (χ1n) is 11.0. The van der Waals surface area contributed by atoms with E-state index >= 15 is 0 Å². The van der Waals surface area contributed by atoms with Crippen molar-refractivity contribution in [3.8, 4) is 5.75 Å². The van der Waals surface area contributed by atoms with Crippen molar-refractivity contribution in [3.63, 3.8) is 0 Å². The van der Waals surface area contributed by atoms with Crippen molar-refractivity contribution in [3.05, 3.63) is 28.3 Å². The van der Waals surface area contributed by atoms with Gasteiger partial charge < -0.3 is 20.1 Å². The minimum absolute atomic E-state index is 0.0139. The van der Waals surface area contributed by atoms with Gasteiger partial charge in [-0.1, -0.05) is 34.1 Å². The van der Waals surface area contributed by atoms with Gasteiger partial charge in [-0.2, -0.15) is 0 Å². The van der Waals surface area contributed by atoms with Gasteiger partial charge in [-0.15, -0.1) is 0 Å². The average molecular weight is 433 g/mol. The second-order valence-electron chi connectivity index (χ2n) is 9.47. The van der Waals surface area contributed by atoms with E-state index in [1.54, 1.807) is 6.92 Å². The molecule has 1 aromatic carbocycles. The number of rotatable bonds is 5. The predicted molar refractivity (Wildman–Crippen MR) is 113 cm³/mol. The predicted octanol–water partition coefficient (Wildman–Crippen LogP) is 2.76. The lowest BCUT2D eigenvalue weighted by Crippen LogP contribution is -2.52. The zero-order valence-corrected chi connectivity index (χ0v) is 18.8. The first-order valence-corrected chi connectivity index (χ1v) is 11.0. The van der Waals surface area contributed by atoms with Crippen molar-refractivity contribution >= 4 is 17.5 Å². The summed E-state index contributed by atoms with van der Waals surface area (Å²) < 4.78 is 5.37. The maximum Gasteiger partial charge on any atom is 0.309 e. The molecule has 4 unspecified atom stereocenters. The number of aliphatic hydroxyl groups is 2. The van der Waals surface area contributed by atoms with Gasteiger partial charge >= 0.3 is 5.97 Å². The fourth-order valence-electron chi connectivity index (χ4n) is 4.85. The van der Waals surface area contributed by atoms with E-state index in [4.69, 9.17) is 4.74 Å². The summed E-state index contributed by atoms with van der Waals surface area (Å²) in [6, 6.07) is 1.25. The Morgan fingerprint density at radius 3 is 2.58 bits per heavy atom. The molecule has 170 valence electrons. The third-order valence-electron chi connectivity index (χ3n) is 6.83. The van der Waals surface area contributed by atoms with E-state index in [1.807, 2.05) is 20.8 Å². The number of esters is 1. The molecule has 0 spiro atoms. The van der Waals surface area contributed by atoms with E-state index in [1.165, 1.54) is 13.0 Å². The second kappa shape index (κ2) is 8.36. The Bertz CT molecular complexity index is 917. The number of aromatic hydroxyl groups is 1. The molecule has 0 radical (unpaired) electrons. The van der Waals surface area contributed by atoms with E-state index in [0.29, 0.717) is 24.0 Å². The molecule has 3 rings (SSSR count). The van der Waals surface area contributed by atoms with Crippen LogP contribution in [0.3, 0.4) is 0 Å². The molecule has 0 fully saturated rings. The molecule has 3 N–H and O–H groups in total. The summed E-state index contributed by atoms with van der Waals surface area (Å²) in [6.45, 7) is 8.78. The summed E-state index contributed by atoms with van der Waals surface area (Å²) in [4.78, 5) is 39.0. The Morgan fingerprint density at radius 1 is 1.32 bits per heavy atom. The maximum atomic E-state index is 13.4. The van der Waals surface area contributed by atoms with Gasteiger partial charge in [0, 0.05) is 16.7 Å². The van der Waals surface area contributed by atoms with Crippen molar-refractivity contribution in [1.82, 2.24) is 0 Å². The van der Waals surface area contributed by atoms with E-state index < -0.39 is 41.3 Å². The second-order valence-corrected chi connectivity index (χ2v) is 9.47. The Hall–Kier alpha value is -2.25. The first-order chi connectivity index (χ1) is 14.4. The molecule has 0 saturated carbocycles. The summed E-state index contributed by atoms with van der Waals surface area (Å²) in [7, 11) is 0. The average Bonchev–Trinajstić information content (AvgIpc) is 2.68. The van der Waals surface area contributed by atoms with Crippen LogP contribution in [0, 0.1) is 11.8 Å². The van der Waals surface area contributed by atoms with Crippen LogP contribution >= 0.6 is 0 Å². The molecule has 0 aromatic heterocycles. The molecule has 0 aliphatic heterocycles. The number of hydrogen-bond acceptors (Lipinski definition) is 7. The quantitative estimate of drug-likeness (QED) is 0.483. The molecule has 2 aliphatic rings. The first kappa shape index (κ1) is 23.4. The van der Waals surface area contributed by atoms with Gasteiger partial charge in [-0.3, -0.25) is 14.4 Å². The van der Waals surface area contributed by atoms with Crippen LogP contribution in [0.2, 0.25) is 0 Å². The smallest absolute Gasteiger partial charge is 0.309 e. The summed E-state index contributed by atoms with van der Waals surface area (Å²) in [5.74, 6) is -2.86. The van der Waals surface area contributed by atoms with Crippen molar-refractivity contribution in [2.24, 2.45) is 11.8 Å². The molecule has 0 heterocycles. The molecule has 2 aliphatic carbocycles. The number of phenols is 1. The zero-order chi connectivity index (χ0) is 23.2. The van der Waals surface area contributed by atoms with E-state index in [2.05, 4.69) is 0 Å². The molecule has 6 atom stereocenters. The lowest BCUT2D eigenvalue weighted by molar-refractivity contribution is -0.163. The highest BCUT2D eigenvalue weighted by Gasteiger charge is 2.52. The highest BCUT2D eigenvalue weighted by Crippen LogP contribution is 2.46. The van der Waals surface area contributed by atoms with Crippen molar-refractivity contribution in [2.75, 3.05) is 0 Å². The van der Waals surface area contributed by atoms with E-state index in [-0.39, 0.29) is 35.1 Å². The van der Waals surface area contributed by atoms with Crippen LogP contribution in [0.4, 0.5) is 0 Å². The zero-order valence-electron chi connectivity index (χ0n) is 18.8. The summed E-state index contributed by atoms with van der Waals surface area (Å²) in [5.41, 5.74) is -1.13. The van der Waals surface area contributed by atoms with Gasteiger partial charge in [0.25, 0.3) is 0 Å². The van der Waals surface area contributed by atoms with Gasteiger partial charge in [-0.25, -0.2) is 0 Å². The minimum Gasteiger partial charge on any atom is -0.508 e. The van der Waals surface area contributed by atoms with E-state index in [0.717, 1.165) is 6.42 Å². The molecular formula is C24H32O7. The van der Waals surface area contributed by atoms with Crippen LogP contribution in [0.5, 0.6) is 5.75 Å². The highest BCUT2D eigenvalue weighted by molar-refractivity contribution is 6.21. The fourth-order valence-corrected chi connectivity index (χ4v) is 4.85. The minimum atomic E-state index is -2.12. The van der Waals surface area contributed by atoms with Crippen molar-refractivity contribution in [1.29, 1.82) is 0 Å². The summed E-state index contributed by atoms with van der Waals surface area (Å²) >= 11 is 0. The lowest BCUT2D eigenvalue weighted by Gasteiger charge is -2.38. The Kier molecular flexibility index (Phi) is 6.31. The number of aliphatic hydroxyl groups excluding tert-OH is 1. The number of carbonyl (C=O) groups excluding carboxylic acids is 3. The third-order valence-corrected chi connectivity index (χ3v) is 6.83. The Balaban J connectivity index is 2.04. The standard InChI is InChI=1S/C24H32O7/c1-6-11(2)7-13(4)23(29)31-21-20(27)19-15-9-14(25)8-12(3)18(15)17(26)10-16(19)24(5,30)22(21)28/h10-14,21,25-26,30H,6-9H2,1-5H3/t11?,12-,13?,14+,21?,24?/m1/s1. The highest BCUT2D eigenvalue weighted by atomic mass is 16.6. The van der Waals surface area contributed by atoms with Gasteiger partial charge in [0.1, 0.15) is 5.75 Å². The van der Waals surface area contributed by atoms with Crippen LogP contribution in [0.25, 0.3) is 0 Å². The number of carbonyl (C=O) groups is 3. The van der Waals surface area contributed by atoms with Gasteiger partial charge in [-0.05, 0) is 49.7 Å². The molecule has 7 nitrogen and oxygen atoms in total. The topological polar surface area (TPSA) is 121 Å². The van der Waals surface area contributed by atoms with Crippen LogP contribution in [0.15, 0.2) is 6.07 Å². The molecule has 7 heteroatoms. The van der Waals surface area contributed by atoms with Gasteiger partial charge in [0.15, 0.2) is 5.60 Å². The van der Waals surface area contributed by atoms with Crippen LogP contribution < -0.4 is 0 Å². The number of fused-ring (bicyclic) bond motifs is 3. The monoisotopic (exact) mass is 432 g/mol. The van der Waals surface area contributed by atoms with Gasteiger partial charge in [0.2, 0.25) is 17.7 Å². The van der Waals surface area contributed by atoms with Crippen molar-refractivity contribution in [2.45, 2.75) is 84.0 Å². The normalized spacial score (nSPS) is 29.7. The number of ether oxygens (including phenoxy) is 1. The number of phenolic OH excluding ortho intramolecular Hbond substituents is 1. The van der Waals surface area contributed by atoms with Gasteiger partial charge in [0.05, 0.1) is 12.0 Å². The Morgan fingerprint density at radius 2 is 1.97 bits per heavy atom.